The van der Waals surface area contributed by atoms with Crippen molar-refractivity contribution in [2.75, 3.05) is 31.6 Å². The van der Waals surface area contributed by atoms with Gasteiger partial charge in [0.1, 0.15) is 5.82 Å². The van der Waals surface area contributed by atoms with Gasteiger partial charge in [0.05, 0.1) is 0 Å². The van der Waals surface area contributed by atoms with Gasteiger partial charge >= 0.3 is 0 Å². The molecule has 0 atom stereocenters. The first-order chi connectivity index (χ1) is 10.7. The van der Waals surface area contributed by atoms with Crippen LogP contribution in [-0.4, -0.2) is 37.5 Å². The Morgan fingerprint density at radius 3 is 2.52 bits per heavy atom. The summed E-state index contributed by atoms with van der Waals surface area (Å²) < 4.78 is 13.9. The third-order valence-corrected chi connectivity index (χ3v) is 5.21. The molecule has 1 aromatic rings. The van der Waals surface area contributed by atoms with Crippen LogP contribution in [0.2, 0.25) is 0 Å². The summed E-state index contributed by atoms with van der Waals surface area (Å²) in [5.41, 5.74) is 1.84. The van der Waals surface area contributed by atoms with Gasteiger partial charge in [-0.2, -0.15) is 0 Å². The zero-order chi connectivity index (χ0) is 16.8. The highest BCUT2D eigenvalue weighted by Crippen LogP contribution is 2.47. The third-order valence-electron chi connectivity index (χ3n) is 5.21. The highest BCUT2D eigenvalue weighted by molar-refractivity contribution is 5.96. The highest BCUT2D eigenvalue weighted by Gasteiger charge is 2.46. The Bertz CT molecular complexity index is 612. The third kappa shape index (κ3) is 3.14. The van der Waals surface area contributed by atoms with Gasteiger partial charge in [0.25, 0.3) is 0 Å². The first-order valence-corrected chi connectivity index (χ1v) is 8.49. The van der Waals surface area contributed by atoms with Gasteiger partial charge in [-0.3, -0.25) is 4.79 Å². The van der Waals surface area contributed by atoms with Crippen molar-refractivity contribution in [1.82, 2.24) is 4.90 Å². The van der Waals surface area contributed by atoms with Crippen LogP contribution in [-0.2, 0) is 10.2 Å². The Hall–Kier alpha value is -1.42. The van der Waals surface area contributed by atoms with Crippen LogP contribution in [0.25, 0.3) is 0 Å². The molecule has 2 heterocycles. The van der Waals surface area contributed by atoms with E-state index in [1.54, 1.807) is 12.1 Å². The van der Waals surface area contributed by atoms with Gasteiger partial charge in [-0.25, -0.2) is 4.39 Å². The van der Waals surface area contributed by atoms with E-state index in [9.17, 15) is 9.18 Å². The molecule has 1 saturated heterocycles. The van der Waals surface area contributed by atoms with Crippen molar-refractivity contribution < 1.29 is 9.18 Å². The van der Waals surface area contributed by atoms with Crippen LogP contribution in [0.15, 0.2) is 18.2 Å². The first kappa shape index (κ1) is 16.4. The average molecular weight is 318 g/mol. The summed E-state index contributed by atoms with van der Waals surface area (Å²) in [6, 6.07) is 4.92. The van der Waals surface area contributed by atoms with Crippen molar-refractivity contribution in [2.45, 2.75) is 45.4 Å². The van der Waals surface area contributed by atoms with Crippen molar-refractivity contribution >= 4 is 11.6 Å². The molecule has 0 aliphatic carbocycles. The van der Waals surface area contributed by atoms with Crippen LogP contribution in [0, 0.1) is 11.2 Å². The van der Waals surface area contributed by atoms with Gasteiger partial charge in [-0.05, 0) is 62.2 Å². The molecule has 2 aliphatic heterocycles. The van der Waals surface area contributed by atoms with Crippen LogP contribution >= 0.6 is 0 Å². The lowest BCUT2D eigenvalue weighted by Gasteiger charge is -2.38. The highest BCUT2D eigenvalue weighted by atomic mass is 19.1. The molecule has 0 aromatic heterocycles. The van der Waals surface area contributed by atoms with E-state index in [1.807, 2.05) is 4.90 Å². The summed E-state index contributed by atoms with van der Waals surface area (Å²) in [6.07, 6.45) is 2.48. The van der Waals surface area contributed by atoms with Gasteiger partial charge in [-0.1, -0.05) is 20.8 Å². The molecule has 1 amide bonds. The lowest BCUT2D eigenvalue weighted by atomic mass is 9.74. The zero-order valence-corrected chi connectivity index (χ0v) is 14.7. The normalized spacial score (nSPS) is 20.8. The first-order valence-electron chi connectivity index (χ1n) is 8.49. The summed E-state index contributed by atoms with van der Waals surface area (Å²) in [5, 5.41) is 0. The molecule has 2 aliphatic rings. The Balaban J connectivity index is 1.95. The number of fused-ring (bicyclic) bond motifs is 2. The van der Waals surface area contributed by atoms with Crippen LogP contribution < -0.4 is 4.90 Å². The molecule has 126 valence electrons. The Morgan fingerprint density at radius 2 is 1.91 bits per heavy atom. The number of piperidine rings is 1. The maximum atomic E-state index is 13.9. The maximum Gasteiger partial charge on any atom is 0.227 e. The van der Waals surface area contributed by atoms with Crippen molar-refractivity contribution in [3.05, 3.63) is 29.6 Å². The van der Waals surface area contributed by atoms with Gasteiger partial charge in [0.2, 0.25) is 5.91 Å². The van der Waals surface area contributed by atoms with E-state index in [1.165, 1.54) is 6.07 Å². The molecule has 4 heteroatoms. The van der Waals surface area contributed by atoms with Gasteiger partial charge < -0.3 is 9.80 Å². The van der Waals surface area contributed by atoms with Crippen molar-refractivity contribution in [3.63, 3.8) is 0 Å². The number of rotatable bonds is 1. The quantitative estimate of drug-likeness (QED) is 0.790. The number of amides is 1. The van der Waals surface area contributed by atoms with Crippen molar-refractivity contribution in [2.24, 2.45) is 5.41 Å². The Kier molecular flexibility index (Phi) is 3.99. The molecule has 1 aromatic carbocycles. The minimum atomic E-state index is -0.202. The summed E-state index contributed by atoms with van der Waals surface area (Å²) in [4.78, 5) is 17.0. The maximum absolute atomic E-state index is 13.9. The number of halogens is 1. The number of carbonyl (C=O) groups excluding carboxylic acids is 1. The second-order valence-electron chi connectivity index (χ2n) is 8.46. The minimum absolute atomic E-state index is 0.0419. The SMILES string of the molecule is CN1CCC2(CC1)CN(C(=O)CC(C)(C)C)c1ccc(F)cc12. The van der Waals surface area contributed by atoms with E-state index in [-0.39, 0.29) is 22.6 Å². The minimum Gasteiger partial charge on any atom is -0.311 e. The lowest BCUT2D eigenvalue weighted by Crippen LogP contribution is -2.45. The molecule has 3 rings (SSSR count). The predicted molar refractivity (Wildman–Crippen MR) is 91.2 cm³/mol. The van der Waals surface area contributed by atoms with Crippen LogP contribution in [0.1, 0.15) is 45.6 Å². The molecule has 1 fully saturated rings. The van der Waals surface area contributed by atoms with E-state index in [2.05, 4.69) is 32.7 Å². The van der Waals surface area contributed by atoms with E-state index < -0.39 is 0 Å². The number of anilines is 1. The molecule has 0 radical (unpaired) electrons. The predicted octanol–water partition coefficient (Wildman–Crippen LogP) is 3.57. The van der Waals surface area contributed by atoms with E-state index in [4.69, 9.17) is 0 Å². The molecule has 0 saturated carbocycles. The van der Waals surface area contributed by atoms with Crippen LogP contribution in [0.5, 0.6) is 0 Å². The number of likely N-dealkylation sites (tertiary alicyclic amines) is 1. The fourth-order valence-corrected chi connectivity index (χ4v) is 3.89. The molecule has 3 nitrogen and oxygen atoms in total. The van der Waals surface area contributed by atoms with Crippen molar-refractivity contribution in [3.8, 4) is 0 Å². The molecule has 0 N–H and O–H groups in total. The second kappa shape index (κ2) is 5.59. The Morgan fingerprint density at radius 1 is 1.26 bits per heavy atom. The number of carbonyl (C=O) groups is 1. The lowest BCUT2D eigenvalue weighted by molar-refractivity contribution is -0.120. The van der Waals surface area contributed by atoms with Crippen molar-refractivity contribution in [1.29, 1.82) is 0 Å². The summed E-state index contributed by atoms with van der Waals surface area (Å²) in [5.74, 6) is -0.0478. The van der Waals surface area contributed by atoms with Gasteiger partial charge in [0.15, 0.2) is 0 Å². The van der Waals surface area contributed by atoms with Crippen LogP contribution in [0.3, 0.4) is 0 Å². The summed E-state index contributed by atoms with van der Waals surface area (Å²) in [6.45, 7) is 8.94. The van der Waals surface area contributed by atoms with Crippen LogP contribution in [0.4, 0.5) is 10.1 Å². The zero-order valence-electron chi connectivity index (χ0n) is 14.7. The van der Waals surface area contributed by atoms with E-state index >= 15 is 0 Å². The molecule has 1 spiro atoms. The largest absolute Gasteiger partial charge is 0.311 e. The van der Waals surface area contributed by atoms with Gasteiger partial charge in [0, 0.05) is 24.1 Å². The fraction of sp³-hybridized carbons (Fsp3) is 0.632. The monoisotopic (exact) mass is 318 g/mol. The molecule has 23 heavy (non-hydrogen) atoms. The fourth-order valence-electron chi connectivity index (χ4n) is 3.89. The smallest absolute Gasteiger partial charge is 0.227 e. The van der Waals surface area contributed by atoms with E-state index in [0.29, 0.717) is 13.0 Å². The standard InChI is InChI=1S/C19H27FN2O/c1-18(2,3)12-17(23)22-13-19(7-9-21(4)10-8-19)15-11-14(20)5-6-16(15)22/h5-6,11H,7-10,12-13H2,1-4H3. The number of nitrogens with zero attached hydrogens (tertiary/aromatic N) is 2. The Labute approximate surface area is 138 Å². The van der Waals surface area contributed by atoms with E-state index in [0.717, 1.165) is 37.2 Å². The molecule has 0 unspecified atom stereocenters. The molecular weight excluding hydrogens is 291 g/mol. The number of benzene rings is 1. The average Bonchev–Trinajstić information content (AvgIpc) is 2.75. The van der Waals surface area contributed by atoms with Gasteiger partial charge in [-0.15, -0.1) is 0 Å². The molecule has 0 bridgehead atoms. The summed E-state index contributed by atoms with van der Waals surface area (Å²) in [7, 11) is 2.12. The molecular formula is C19H27FN2O. The second-order valence-corrected chi connectivity index (χ2v) is 8.46. The number of hydrogen-bond donors (Lipinski definition) is 0. The number of hydrogen-bond acceptors (Lipinski definition) is 2. The summed E-state index contributed by atoms with van der Waals surface area (Å²) >= 11 is 0. The topological polar surface area (TPSA) is 23.6 Å².